The Balaban J connectivity index is 2.34. The number of methoxy groups -OCH3 is 1. The summed E-state index contributed by atoms with van der Waals surface area (Å²) in [5.74, 6) is -0.265. The number of hydrogen-bond donors (Lipinski definition) is 1. The Morgan fingerprint density at radius 1 is 1.85 bits per heavy atom. The number of ether oxygens (including phenoxy) is 1. The van der Waals surface area contributed by atoms with E-state index in [1.807, 2.05) is 0 Å². The Bertz CT molecular complexity index is 258. The van der Waals surface area contributed by atoms with E-state index >= 15 is 0 Å². The average Bonchev–Trinajstić information content (AvgIpc) is 2.66. The summed E-state index contributed by atoms with van der Waals surface area (Å²) in [5.41, 5.74) is 6.37. The van der Waals surface area contributed by atoms with E-state index in [9.17, 15) is 4.79 Å². The third-order valence-electron chi connectivity index (χ3n) is 1.72. The Morgan fingerprint density at radius 3 is 3.15 bits per heavy atom. The van der Waals surface area contributed by atoms with Crippen LogP contribution < -0.4 is 5.73 Å². The monoisotopic (exact) mass is 184 g/mol. The number of esters is 1. The molecule has 5 nitrogen and oxygen atoms in total. The van der Waals surface area contributed by atoms with Crippen LogP contribution in [0.1, 0.15) is 24.6 Å². The van der Waals surface area contributed by atoms with Crippen molar-refractivity contribution in [3.8, 4) is 0 Å². The maximum absolute atomic E-state index is 10.8. The molecule has 0 aromatic carbocycles. The highest BCUT2D eigenvalue weighted by Gasteiger charge is 2.11. The number of rotatable bonds is 4. The van der Waals surface area contributed by atoms with Crippen molar-refractivity contribution in [3.63, 3.8) is 0 Å². The molecular weight excluding hydrogens is 172 g/mol. The summed E-state index contributed by atoms with van der Waals surface area (Å²) in [4.78, 5) is 10.8. The fourth-order valence-electron chi connectivity index (χ4n) is 0.936. The molecule has 72 valence electrons. The Labute approximate surface area is 75.8 Å². The van der Waals surface area contributed by atoms with Crippen LogP contribution in [-0.2, 0) is 9.53 Å². The van der Waals surface area contributed by atoms with Crippen molar-refractivity contribution in [2.45, 2.75) is 18.9 Å². The van der Waals surface area contributed by atoms with Crippen LogP contribution >= 0.6 is 0 Å². The number of aromatic nitrogens is 1. The lowest BCUT2D eigenvalue weighted by molar-refractivity contribution is -0.140. The summed E-state index contributed by atoms with van der Waals surface area (Å²) < 4.78 is 9.10. The van der Waals surface area contributed by atoms with Crippen LogP contribution in [0.3, 0.4) is 0 Å². The van der Waals surface area contributed by atoms with Crippen LogP contribution in [0.4, 0.5) is 0 Å². The molecule has 1 aromatic heterocycles. The zero-order valence-electron chi connectivity index (χ0n) is 7.40. The minimum absolute atomic E-state index is 0.265. The van der Waals surface area contributed by atoms with E-state index in [2.05, 4.69) is 14.4 Å². The van der Waals surface area contributed by atoms with Gasteiger partial charge in [0, 0.05) is 12.5 Å². The molecule has 5 heteroatoms. The van der Waals surface area contributed by atoms with E-state index in [-0.39, 0.29) is 12.0 Å². The van der Waals surface area contributed by atoms with Gasteiger partial charge in [-0.2, -0.15) is 0 Å². The minimum atomic E-state index is -0.266. The summed E-state index contributed by atoms with van der Waals surface area (Å²) in [7, 11) is 1.35. The standard InChI is InChI=1S/C8H12N2O3/c1-12-8(11)3-2-6(9)7-4-5-13-10-7/h4-6H,2-3,9H2,1H3. The molecule has 13 heavy (non-hydrogen) atoms. The normalized spacial score (nSPS) is 12.5. The van der Waals surface area contributed by atoms with Crippen LogP contribution in [0.25, 0.3) is 0 Å². The second-order valence-corrected chi connectivity index (χ2v) is 2.65. The molecule has 0 saturated heterocycles. The van der Waals surface area contributed by atoms with Crippen molar-refractivity contribution in [2.24, 2.45) is 5.73 Å². The molecule has 2 N–H and O–H groups in total. The van der Waals surface area contributed by atoms with Gasteiger partial charge in [0.2, 0.25) is 0 Å². The fraction of sp³-hybridized carbons (Fsp3) is 0.500. The van der Waals surface area contributed by atoms with Crippen molar-refractivity contribution in [1.29, 1.82) is 0 Å². The van der Waals surface area contributed by atoms with Crippen molar-refractivity contribution >= 4 is 5.97 Å². The Morgan fingerprint density at radius 2 is 2.62 bits per heavy atom. The van der Waals surface area contributed by atoms with Gasteiger partial charge < -0.3 is 15.0 Å². The number of nitrogens with two attached hydrogens (primary N) is 1. The van der Waals surface area contributed by atoms with Crippen molar-refractivity contribution in [2.75, 3.05) is 7.11 Å². The van der Waals surface area contributed by atoms with Gasteiger partial charge in [-0.1, -0.05) is 5.16 Å². The van der Waals surface area contributed by atoms with E-state index in [0.717, 1.165) is 0 Å². The fourth-order valence-corrected chi connectivity index (χ4v) is 0.936. The maximum atomic E-state index is 10.8. The minimum Gasteiger partial charge on any atom is -0.469 e. The number of carbonyl (C=O) groups is 1. The van der Waals surface area contributed by atoms with Crippen molar-refractivity contribution < 1.29 is 14.1 Å². The average molecular weight is 184 g/mol. The molecule has 1 aromatic rings. The molecular formula is C8H12N2O3. The first-order valence-corrected chi connectivity index (χ1v) is 3.96. The molecule has 0 fully saturated rings. The van der Waals surface area contributed by atoms with Crippen LogP contribution in [0.2, 0.25) is 0 Å². The van der Waals surface area contributed by atoms with Gasteiger partial charge in [0.05, 0.1) is 13.2 Å². The summed E-state index contributed by atoms with van der Waals surface area (Å²) >= 11 is 0. The molecule has 1 rings (SSSR count). The van der Waals surface area contributed by atoms with E-state index in [1.165, 1.54) is 13.4 Å². The largest absolute Gasteiger partial charge is 0.469 e. The Kier molecular flexibility index (Phi) is 3.45. The van der Waals surface area contributed by atoms with Gasteiger partial charge in [-0.25, -0.2) is 0 Å². The molecule has 0 bridgehead atoms. The molecule has 0 amide bonds. The van der Waals surface area contributed by atoms with Crippen molar-refractivity contribution in [1.82, 2.24) is 5.16 Å². The van der Waals surface area contributed by atoms with Crippen LogP contribution in [0, 0.1) is 0 Å². The van der Waals surface area contributed by atoms with Gasteiger partial charge in [0.25, 0.3) is 0 Å². The second kappa shape index (κ2) is 4.61. The zero-order chi connectivity index (χ0) is 9.68. The summed E-state index contributed by atoms with van der Waals surface area (Å²) in [6.07, 6.45) is 2.26. The Hall–Kier alpha value is -1.36. The molecule has 1 atom stereocenters. The van der Waals surface area contributed by atoms with Gasteiger partial charge >= 0.3 is 5.97 Å². The molecule has 0 aliphatic heterocycles. The smallest absolute Gasteiger partial charge is 0.305 e. The lowest BCUT2D eigenvalue weighted by atomic mass is 10.1. The number of nitrogens with zero attached hydrogens (tertiary/aromatic N) is 1. The van der Waals surface area contributed by atoms with E-state index in [0.29, 0.717) is 18.5 Å². The lowest BCUT2D eigenvalue weighted by Crippen LogP contribution is -2.13. The van der Waals surface area contributed by atoms with Gasteiger partial charge in [-0.15, -0.1) is 0 Å². The summed E-state index contributed by atoms with van der Waals surface area (Å²) in [6.45, 7) is 0. The first-order valence-electron chi connectivity index (χ1n) is 3.96. The second-order valence-electron chi connectivity index (χ2n) is 2.65. The van der Waals surface area contributed by atoms with E-state index in [1.54, 1.807) is 6.07 Å². The molecule has 0 spiro atoms. The predicted molar refractivity (Wildman–Crippen MR) is 44.7 cm³/mol. The molecule has 0 saturated carbocycles. The van der Waals surface area contributed by atoms with Gasteiger partial charge in [-0.05, 0) is 6.42 Å². The van der Waals surface area contributed by atoms with Crippen LogP contribution in [0.5, 0.6) is 0 Å². The molecule has 1 unspecified atom stereocenters. The van der Waals surface area contributed by atoms with Crippen LogP contribution in [-0.4, -0.2) is 18.2 Å². The van der Waals surface area contributed by atoms with Crippen LogP contribution in [0.15, 0.2) is 16.9 Å². The molecule has 0 aliphatic rings. The SMILES string of the molecule is COC(=O)CCC(N)c1ccon1. The number of carbonyl (C=O) groups excluding carboxylic acids is 1. The highest BCUT2D eigenvalue weighted by Crippen LogP contribution is 2.13. The summed E-state index contributed by atoms with van der Waals surface area (Å²) in [5, 5.41) is 3.67. The first kappa shape index (κ1) is 9.73. The molecule has 0 aliphatic carbocycles. The summed E-state index contributed by atoms with van der Waals surface area (Å²) in [6, 6.07) is 1.42. The van der Waals surface area contributed by atoms with E-state index in [4.69, 9.17) is 5.73 Å². The topological polar surface area (TPSA) is 78.4 Å². The highest BCUT2D eigenvalue weighted by atomic mass is 16.5. The molecule has 0 radical (unpaired) electrons. The highest BCUT2D eigenvalue weighted by molar-refractivity contribution is 5.69. The number of hydrogen-bond acceptors (Lipinski definition) is 5. The quantitative estimate of drug-likeness (QED) is 0.694. The van der Waals surface area contributed by atoms with Crippen molar-refractivity contribution in [3.05, 3.63) is 18.0 Å². The maximum Gasteiger partial charge on any atom is 0.305 e. The third-order valence-corrected chi connectivity index (χ3v) is 1.72. The third kappa shape index (κ3) is 2.87. The van der Waals surface area contributed by atoms with Gasteiger partial charge in [0.15, 0.2) is 0 Å². The first-order chi connectivity index (χ1) is 6.24. The van der Waals surface area contributed by atoms with E-state index < -0.39 is 0 Å². The van der Waals surface area contributed by atoms with Gasteiger partial charge in [0.1, 0.15) is 12.0 Å². The zero-order valence-corrected chi connectivity index (χ0v) is 7.40. The van der Waals surface area contributed by atoms with Gasteiger partial charge in [-0.3, -0.25) is 4.79 Å². The predicted octanol–water partition coefficient (Wildman–Crippen LogP) is 0.628. The lowest BCUT2D eigenvalue weighted by Gasteiger charge is -2.05. The molecule has 1 heterocycles.